The van der Waals surface area contributed by atoms with Crippen LogP contribution in [0.15, 0.2) is 6.33 Å². The number of halogens is 1. The SMILES string of the molecule is COCC(Br)Cc1ncnc(OC)c1C. The van der Waals surface area contributed by atoms with Gasteiger partial charge in [-0.25, -0.2) is 9.97 Å². The number of aromatic nitrogens is 2. The summed E-state index contributed by atoms with van der Waals surface area (Å²) in [5.41, 5.74) is 1.97. The van der Waals surface area contributed by atoms with Gasteiger partial charge in [-0.05, 0) is 6.92 Å². The minimum absolute atomic E-state index is 0.265. The average molecular weight is 275 g/mol. The Kier molecular flexibility index (Phi) is 4.98. The van der Waals surface area contributed by atoms with Crippen LogP contribution in [0.4, 0.5) is 0 Å². The van der Waals surface area contributed by atoms with Gasteiger partial charge >= 0.3 is 0 Å². The highest BCUT2D eigenvalue weighted by Gasteiger charge is 2.11. The molecule has 84 valence electrons. The number of alkyl halides is 1. The third-order valence-electron chi connectivity index (χ3n) is 2.10. The quantitative estimate of drug-likeness (QED) is 0.768. The molecular formula is C10H15BrN2O2. The minimum atomic E-state index is 0.265. The van der Waals surface area contributed by atoms with Crippen molar-refractivity contribution in [1.29, 1.82) is 0 Å². The standard InChI is InChI=1S/C10H15BrN2O2/c1-7-9(4-8(11)5-14-2)12-6-13-10(7)15-3/h6,8H,4-5H2,1-3H3. The van der Waals surface area contributed by atoms with E-state index in [2.05, 4.69) is 25.9 Å². The van der Waals surface area contributed by atoms with Crippen LogP contribution in [0.2, 0.25) is 0 Å². The number of hydrogen-bond donors (Lipinski definition) is 0. The third kappa shape index (κ3) is 3.43. The van der Waals surface area contributed by atoms with E-state index < -0.39 is 0 Å². The molecule has 0 fully saturated rings. The van der Waals surface area contributed by atoms with Gasteiger partial charge in [-0.3, -0.25) is 0 Å². The first kappa shape index (κ1) is 12.4. The first-order chi connectivity index (χ1) is 7.19. The normalized spacial score (nSPS) is 12.5. The van der Waals surface area contributed by atoms with Crippen molar-refractivity contribution in [1.82, 2.24) is 9.97 Å². The number of methoxy groups -OCH3 is 2. The van der Waals surface area contributed by atoms with Gasteiger partial charge in [0.2, 0.25) is 5.88 Å². The fourth-order valence-corrected chi connectivity index (χ4v) is 1.90. The molecule has 1 rings (SSSR count). The van der Waals surface area contributed by atoms with E-state index in [0.29, 0.717) is 12.5 Å². The predicted molar refractivity (Wildman–Crippen MR) is 61.6 cm³/mol. The molecule has 0 aliphatic carbocycles. The van der Waals surface area contributed by atoms with Gasteiger partial charge in [0.25, 0.3) is 0 Å². The fourth-order valence-electron chi connectivity index (χ4n) is 1.33. The number of nitrogens with zero attached hydrogens (tertiary/aromatic N) is 2. The van der Waals surface area contributed by atoms with Crippen molar-refractivity contribution in [3.05, 3.63) is 17.6 Å². The molecular weight excluding hydrogens is 260 g/mol. The Balaban J connectivity index is 2.76. The fraction of sp³-hybridized carbons (Fsp3) is 0.600. The molecule has 15 heavy (non-hydrogen) atoms. The lowest BCUT2D eigenvalue weighted by atomic mass is 10.1. The van der Waals surface area contributed by atoms with Crippen molar-refractivity contribution in [2.75, 3.05) is 20.8 Å². The van der Waals surface area contributed by atoms with Crippen LogP contribution in [0, 0.1) is 6.92 Å². The molecule has 0 aliphatic heterocycles. The largest absolute Gasteiger partial charge is 0.481 e. The summed E-state index contributed by atoms with van der Waals surface area (Å²) in [6.07, 6.45) is 2.33. The molecule has 1 unspecified atom stereocenters. The van der Waals surface area contributed by atoms with Crippen LogP contribution in [0.5, 0.6) is 5.88 Å². The van der Waals surface area contributed by atoms with Crippen LogP contribution in [-0.2, 0) is 11.2 Å². The Morgan fingerprint density at radius 2 is 2.13 bits per heavy atom. The summed E-state index contributed by atoms with van der Waals surface area (Å²) in [4.78, 5) is 8.53. The molecule has 0 saturated carbocycles. The molecule has 0 N–H and O–H groups in total. The maximum absolute atomic E-state index is 5.13. The van der Waals surface area contributed by atoms with Crippen molar-refractivity contribution >= 4 is 15.9 Å². The van der Waals surface area contributed by atoms with Gasteiger partial charge in [-0.1, -0.05) is 15.9 Å². The van der Waals surface area contributed by atoms with Gasteiger partial charge in [0.05, 0.1) is 19.4 Å². The summed E-state index contributed by atoms with van der Waals surface area (Å²) in [5.74, 6) is 0.636. The maximum atomic E-state index is 5.13. The monoisotopic (exact) mass is 274 g/mol. The predicted octanol–water partition coefficient (Wildman–Crippen LogP) is 1.75. The van der Waals surface area contributed by atoms with Crippen LogP contribution >= 0.6 is 15.9 Å². The molecule has 0 bridgehead atoms. The van der Waals surface area contributed by atoms with E-state index >= 15 is 0 Å². The second-order valence-electron chi connectivity index (χ2n) is 3.21. The lowest BCUT2D eigenvalue weighted by Crippen LogP contribution is -2.12. The first-order valence-electron chi connectivity index (χ1n) is 4.66. The number of hydrogen-bond acceptors (Lipinski definition) is 4. The first-order valence-corrected chi connectivity index (χ1v) is 5.58. The summed E-state index contributed by atoms with van der Waals surface area (Å²) in [6.45, 7) is 2.62. The van der Waals surface area contributed by atoms with Gasteiger partial charge in [0.15, 0.2) is 0 Å². The van der Waals surface area contributed by atoms with Crippen molar-refractivity contribution < 1.29 is 9.47 Å². The molecule has 0 aromatic carbocycles. The topological polar surface area (TPSA) is 44.2 Å². The molecule has 1 heterocycles. The van der Waals surface area contributed by atoms with E-state index in [1.54, 1.807) is 14.2 Å². The zero-order valence-corrected chi connectivity index (χ0v) is 10.7. The summed E-state index contributed by atoms with van der Waals surface area (Å²) >= 11 is 3.53. The van der Waals surface area contributed by atoms with Crippen LogP contribution < -0.4 is 4.74 Å². The average Bonchev–Trinajstić information content (AvgIpc) is 2.21. The summed E-state index contributed by atoms with van der Waals surface area (Å²) in [7, 11) is 3.29. The molecule has 0 spiro atoms. The van der Waals surface area contributed by atoms with Gasteiger partial charge in [0, 0.05) is 23.9 Å². The lowest BCUT2D eigenvalue weighted by Gasteiger charge is -2.11. The zero-order valence-electron chi connectivity index (χ0n) is 9.16. The third-order valence-corrected chi connectivity index (χ3v) is 2.69. The minimum Gasteiger partial charge on any atom is -0.481 e. The highest BCUT2D eigenvalue weighted by atomic mass is 79.9. The van der Waals surface area contributed by atoms with Gasteiger partial charge < -0.3 is 9.47 Å². The molecule has 0 saturated heterocycles. The molecule has 0 amide bonds. The maximum Gasteiger partial charge on any atom is 0.219 e. The van der Waals surface area contributed by atoms with E-state index in [1.807, 2.05) is 6.92 Å². The Hall–Kier alpha value is -0.680. The summed E-state index contributed by atoms with van der Waals surface area (Å²) in [6, 6.07) is 0. The van der Waals surface area contributed by atoms with Gasteiger partial charge in [0.1, 0.15) is 6.33 Å². The Labute approximate surface area is 98.2 Å². The van der Waals surface area contributed by atoms with Crippen LogP contribution in [0.25, 0.3) is 0 Å². The Bertz CT molecular complexity index is 320. The lowest BCUT2D eigenvalue weighted by molar-refractivity contribution is 0.200. The summed E-state index contributed by atoms with van der Waals surface area (Å²) in [5, 5.41) is 0. The number of rotatable bonds is 5. The van der Waals surface area contributed by atoms with Crippen LogP contribution in [-0.4, -0.2) is 35.6 Å². The van der Waals surface area contributed by atoms with Gasteiger partial charge in [-0.15, -0.1) is 0 Å². The van der Waals surface area contributed by atoms with E-state index in [0.717, 1.165) is 17.7 Å². The molecule has 4 nitrogen and oxygen atoms in total. The van der Waals surface area contributed by atoms with Crippen LogP contribution in [0.1, 0.15) is 11.3 Å². The Morgan fingerprint density at radius 3 is 2.73 bits per heavy atom. The molecule has 1 aromatic heterocycles. The van der Waals surface area contributed by atoms with Crippen molar-refractivity contribution in [2.24, 2.45) is 0 Å². The number of ether oxygens (including phenoxy) is 2. The molecule has 1 aromatic rings. The molecule has 5 heteroatoms. The smallest absolute Gasteiger partial charge is 0.219 e. The van der Waals surface area contributed by atoms with Crippen molar-refractivity contribution in [2.45, 2.75) is 18.2 Å². The summed E-state index contributed by atoms with van der Waals surface area (Å²) < 4.78 is 10.2. The highest BCUT2D eigenvalue weighted by Crippen LogP contribution is 2.18. The van der Waals surface area contributed by atoms with E-state index in [9.17, 15) is 0 Å². The molecule has 1 atom stereocenters. The van der Waals surface area contributed by atoms with Crippen molar-refractivity contribution in [3.63, 3.8) is 0 Å². The van der Waals surface area contributed by atoms with E-state index in [-0.39, 0.29) is 4.83 Å². The zero-order chi connectivity index (χ0) is 11.3. The second-order valence-corrected chi connectivity index (χ2v) is 4.51. The van der Waals surface area contributed by atoms with Crippen molar-refractivity contribution in [3.8, 4) is 5.88 Å². The van der Waals surface area contributed by atoms with Gasteiger partial charge in [-0.2, -0.15) is 0 Å². The molecule has 0 radical (unpaired) electrons. The van der Waals surface area contributed by atoms with E-state index in [1.165, 1.54) is 6.33 Å². The van der Waals surface area contributed by atoms with E-state index in [4.69, 9.17) is 9.47 Å². The molecule has 0 aliphatic rings. The van der Waals surface area contributed by atoms with Crippen LogP contribution in [0.3, 0.4) is 0 Å². The highest BCUT2D eigenvalue weighted by molar-refractivity contribution is 9.09. The second kappa shape index (κ2) is 6.02. The Morgan fingerprint density at radius 1 is 1.40 bits per heavy atom.